The second kappa shape index (κ2) is 12.0. The summed E-state index contributed by atoms with van der Waals surface area (Å²) in [5, 5.41) is 4.93. The number of nitrogens with one attached hydrogen (secondary N) is 1. The van der Waals surface area contributed by atoms with Crippen molar-refractivity contribution in [2.75, 3.05) is 38.7 Å². The van der Waals surface area contributed by atoms with Crippen LogP contribution in [0.5, 0.6) is 11.5 Å². The van der Waals surface area contributed by atoms with Gasteiger partial charge >= 0.3 is 0 Å². The highest BCUT2D eigenvalue weighted by Gasteiger charge is 2.25. The lowest BCUT2D eigenvalue weighted by Gasteiger charge is -2.33. The first-order valence-electron chi connectivity index (χ1n) is 11.9. The first-order valence-corrected chi connectivity index (χ1v) is 12.7. The van der Waals surface area contributed by atoms with Gasteiger partial charge in [0.05, 0.1) is 35.8 Å². The molecule has 2 heterocycles. The summed E-state index contributed by atoms with van der Waals surface area (Å²) in [5.41, 5.74) is 1.42. The van der Waals surface area contributed by atoms with Crippen molar-refractivity contribution in [3.63, 3.8) is 0 Å². The summed E-state index contributed by atoms with van der Waals surface area (Å²) in [4.78, 5) is 23.2. The molecule has 0 saturated carbocycles. The standard InChI is InChI=1S/C26H30Cl2N4O4/c1-16(2)4-7-25(33)32-8-9-35-18(13-32)14-36-24-12-22-19(11-23(24)34-3)26(30-15-29-22)31-17-5-6-20(27)21(28)10-17/h5-6,10-12,15-16,18H,4,7-9,13-14H2,1-3H3,(H,29,30,31). The molecule has 4 rings (SSSR count). The van der Waals surface area contributed by atoms with Crippen LogP contribution in [0.2, 0.25) is 10.0 Å². The van der Waals surface area contributed by atoms with Crippen molar-refractivity contribution in [3.8, 4) is 11.5 Å². The summed E-state index contributed by atoms with van der Waals surface area (Å²) in [7, 11) is 1.58. The normalized spacial score (nSPS) is 15.8. The summed E-state index contributed by atoms with van der Waals surface area (Å²) in [6.45, 7) is 6.14. The second-order valence-electron chi connectivity index (χ2n) is 9.07. The fourth-order valence-electron chi connectivity index (χ4n) is 3.95. The Balaban J connectivity index is 1.47. The van der Waals surface area contributed by atoms with E-state index in [0.717, 1.165) is 17.5 Å². The molecular weight excluding hydrogens is 503 g/mol. The van der Waals surface area contributed by atoms with Crippen LogP contribution in [-0.4, -0.2) is 60.3 Å². The Morgan fingerprint density at radius 3 is 2.78 bits per heavy atom. The average molecular weight is 533 g/mol. The number of rotatable bonds is 9. The highest BCUT2D eigenvalue weighted by atomic mass is 35.5. The van der Waals surface area contributed by atoms with E-state index in [1.165, 1.54) is 6.33 Å². The second-order valence-corrected chi connectivity index (χ2v) is 9.89. The van der Waals surface area contributed by atoms with E-state index in [1.807, 2.05) is 23.1 Å². The number of nitrogens with zero attached hydrogens (tertiary/aromatic N) is 3. The Morgan fingerprint density at radius 1 is 1.19 bits per heavy atom. The number of carbonyl (C=O) groups is 1. The van der Waals surface area contributed by atoms with E-state index < -0.39 is 0 Å². The first-order chi connectivity index (χ1) is 17.3. The maximum absolute atomic E-state index is 12.5. The maximum atomic E-state index is 12.5. The molecule has 10 heteroatoms. The van der Waals surface area contributed by atoms with Crippen LogP contribution in [0, 0.1) is 5.92 Å². The molecule has 0 bridgehead atoms. The number of ether oxygens (including phenoxy) is 3. The molecule has 1 aliphatic rings. The highest BCUT2D eigenvalue weighted by molar-refractivity contribution is 6.42. The molecule has 1 unspecified atom stereocenters. The minimum atomic E-state index is -0.223. The number of amides is 1. The zero-order valence-electron chi connectivity index (χ0n) is 20.6. The van der Waals surface area contributed by atoms with Gasteiger partial charge in [-0.2, -0.15) is 0 Å². The number of halogens is 2. The number of anilines is 2. The fourth-order valence-corrected chi connectivity index (χ4v) is 4.24. The van der Waals surface area contributed by atoms with E-state index in [2.05, 4.69) is 29.1 Å². The molecule has 2 aromatic carbocycles. The van der Waals surface area contributed by atoms with Gasteiger partial charge in [-0.05, 0) is 36.6 Å². The SMILES string of the molecule is COc1cc2c(Nc3ccc(Cl)c(Cl)c3)ncnc2cc1OCC1CN(C(=O)CCC(C)C)CCO1. The summed E-state index contributed by atoms with van der Waals surface area (Å²) >= 11 is 12.2. The molecule has 1 amide bonds. The van der Waals surface area contributed by atoms with Crippen LogP contribution in [0.3, 0.4) is 0 Å². The van der Waals surface area contributed by atoms with Crippen LogP contribution in [0.4, 0.5) is 11.5 Å². The molecule has 3 aromatic rings. The third kappa shape index (κ3) is 6.49. The molecule has 0 radical (unpaired) electrons. The van der Waals surface area contributed by atoms with Gasteiger partial charge in [0.15, 0.2) is 11.5 Å². The predicted octanol–water partition coefficient (Wildman–Crippen LogP) is 5.73. The lowest BCUT2D eigenvalue weighted by molar-refractivity contribution is -0.140. The lowest BCUT2D eigenvalue weighted by Crippen LogP contribution is -2.47. The third-order valence-electron chi connectivity index (χ3n) is 5.95. The van der Waals surface area contributed by atoms with Gasteiger partial charge in [0.2, 0.25) is 5.91 Å². The molecule has 1 aliphatic heterocycles. The van der Waals surface area contributed by atoms with E-state index in [9.17, 15) is 4.79 Å². The summed E-state index contributed by atoms with van der Waals surface area (Å²) in [6, 6.07) is 8.90. The van der Waals surface area contributed by atoms with Crippen LogP contribution >= 0.6 is 23.2 Å². The number of methoxy groups -OCH3 is 1. The van der Waals surface area contributed by atoms with Gasteiger partial charge in [-0.1, -0.05) is 37.0 Å². The Kier molecular flexibility index (Phi) is 8.72. The molecule has 192 valence electrons. The molecule has 1 fully saturated rings. The topological polar surface area (TPSA) is 85.8 Å². The monoisotopic (exact) mass is 532 g/mol. The third-order valence-corrected chi connectivity index (χ3v) is 6.69. The molecule has 0 aliphatic carbocycles. The van der Waals surface area contributed by atoms with Gasteiger partial charge in [-0.15, -0.1) is 0 Å². The molecule has 1 aromatic heterocycles. The van der Waals surface area contributed by atoms with E-state index in [4.69, 9.17) is 37.4 Å². The van der Waals surface area contributed by atoms with Crippen molar-refractivity contribution in [1.29, 1.82) is 0 Å². The zero-order chi connectivity index (χ0) is 25.7. The van der Waals surface area contributed by atoms with Crippen molar-refractivity contribution in [3.05, 3.63) is 46.7 Å². The first kappa shape index (κ1) is 26.3. The van der Waals surface area contributed by atoms with E-state index in [1.54, 1.807) is 19.2 Å². The molecule has 36 heavy (non-hydrogen) atoms. The van der Waals surface area contributed by atoms with Gasteiger partial charge in [-0.3, -0.25) is 4.79 Å². The molecule has 0 spiro atoms. The molecular formula is C26H30Cl2N4O4. The van der Waals surface area contributed by atoms with Crippen LogP contribution < -0.4 is 14.8 Å². The summed E-state index contributed by atoms with van der Waals surface area (Å²) in [6.07, 6.45) is 2.69. The highest BCUT2D eigenvalue weighted by Crippen LogP contribution is 2.35. The fraction of sp³-hybridized carbons (Fsp3) is 0.423. The average Bonchev–Trinajstić information content (AvgIpc) is 2.88. The van der Waals surface area contributed by atoms with Crippen molar-refractivity contribution in [2.45, 2.75) is 32.8 Å². The smallest absolute Gasteiger partial charge is 0.222 e. The van der Waals surface area contributed by atoms with Crippen LogP contribution in [0.1, 0.15) is 26.7 Å². The summed E-state index contributed by atoms with van der Waals surface area (Å²) in [5.74, 6) is 2.33. The predicted molar refractivity (Wildman–Crippen MR) is 142 cm³/mol. The largest absolute Gasteiger partial charge is 0.493 e. The number of fused-ring (bicyclic) bond motifs is 1. The minimum Gasteiger partial charge on any atom is -0.493 e. The Hall–Kier alpha value is -2.81. The van der Waals surface area contributed by atoms with Gasteiger partial charge in [0, 0.05) is 30.1 Å². The molecule has 8 nitrogen and oxygen atoms in total. The van der Waals surface area contributed by atoms with Gasteiger partial charge in [0.25, 0.3) is 0 Å². The lowest BCUT2D eigenvalue weighted by atomic mass is 10.1. The Bertz CT molecular complexity index is 1220. The van der Waals surface area contributed by atoms with Crippen molar-refractivity contribution in [2.24, 2.45) is 5.92 Å². The summed E-state index contributed by atoms with van der Waals surface area (Å²) < 4.78 is 17.5. The maximum Gasteiger partial charge on any atom is 0.222 e. The number of hydrogen-bond acceptors (Lipinski definition) is 7. The molecule has 1 N–H and O–H groups in total. The van der Waals surface area contributed by atoms with Gasteiger partial charge < -0.3 is 24.4 Å². The Morgan fingerprint density at radius 2 is 2.03 bits per heavy atom. The number of hydrogen-bond donors (Lipinski definition) is 1. The van der Waals surface area contributed by atoms with Crippen molar-refractivity contribution >= 4 is 51.5 Å². The Labute approximate surface area is 220 Å². The van der Waals surface area contributed by atoms with Crippen LogP contribution in [0.15, 0.2) is 36.7 Å². The zero-order valence-corrected chi connectivity index (χ0v) is 22.1. The van der Waals surface area contributed by atoms with E-state index in [0.29, 0.717) is 64.9 Å². The van der Waals surface area contributed by atoms with Crippen LogP contribution in [-0.2, 0) is 9.53 Å². The van der Waals surface area contributed by atoms with Crippen LogP contribution in [0.25, 0.3) is 10.9 Å². The van der Waals surface area contributed by atoms with Gasteiger partial charge in [-0.25, -0.2) is 9.97 Å². The van der Waals surface area contributed by atoms with Crippen molar-refractivity contribution in [1.82, 2.24) is 14.9 Å². The quantitative estimate of drug-likeness (QED) is 0.376. The van der Waals surface area contributed by atoms with Crippen molar-refractivity contribution < 1.29 is 19.0 Å². The van der Waals surface area contributed by atoms with E-state index in [-0.39, 0.29) is 18.6 Å². The molecule has 1 atom stereocenters. The number of benzene rings is 2. The number of morpholine rings is 1. The number of aromatic nitrogens is 2. The van der Waals surface area contributed by atoms with Gasteiger partial charge in [0.1, 0.15) is 24.9 Å². The minimum absolute atomic E-state index is 0.166. The number of carbonyl (C=O) groups excluding carboxylic acids is 1. The molecule has 1 saturated heterocycles. The van der Waals surface area contributed by atoms with E-state index >= 15 is 0 Å².